The second-order valence-corrected chi connectivity index (χ2v) is 24.2. The third-order valence-corrected chi connectivity index (χ3v) is 19.6. The van der Waals surface area contributed by atoms with E-state index in [1.807, 2.05) is 23.1 Å². The lowest BCUT2D eigenvalue weighted by molar-refractivity contribution is -0.137. The van der Waals surface area contributed by atoms with Gasteiger partial charge in [-0.1, -0.05) is 30.2 Å². The molecule has 1 aliphatic carbocycles. The fourth-order valence-corrected chi connectivity index (χ4v) is 15.3. The van der Waals surface area contributed by atoms with Gasteiger partial charge in [-0.2, -0.15) is 9.97 Å². The number of likely N-dealkylation sites (tertiary alicyclic amines) is 1. The number of amides is 4. The number of anilines is 2. The number of aromatic nitrogens is 3. The van der Waals surface area contributed by atoms with Gasteiger partial charge in [-0.3, -0.25) is 24.6 Å². The van der Waals surface area contributed by atoms with Gasteiger partial charge in [-0.25, -0.2) is 18.6 Å². The quantitative estimate of drug-likeness (QED) is 0.106. The van der Waals surface area contributed by atoms with Crippen molar-refractivity contribution in [2.24, 2.45) is 5.41 Å². The SMILES string of the molecule is C#Cc1c(F)ccc2cccc(-c3nc4c5c(nc(OC[C@@]67CCCN6[C@H](COC(=O)N6CCC8(CC6)CC(OC6CCN(c9ccc%10c(c9)CN(C9CCC(=O)NC9=O)C%10=O)CC6)C8)CC7)nc5c3F)N3CCCOCC3CC4)c12. The van der Waals surface area contributed by atoms with E-state index in [1.54, 1.807) is 23.1 Å². The lowest BCUT2D eigenvalue weighted by atomic mass is 9.61. The van der Waals surface area contributed by atoms with Gasteiger partial charge in [0.25, 0.3) is 5.91 Å². The zero-order chi connectivity index (χ0) is 55.1. The van der Waals surface area contributed by atoms with E-state index in [9.17, 15) is 19.2 Å². The molecule has 17 nitrogen and oxygen atoms in total. The number of hydrogen-bond donors (Lipinski definition) is 1. The summed E-state index contributed by atoms with van der Waals surface area (Å²) in [7, 11) is 0. The normalized spacial score (nSPS) is 25.8. The van der Waals surface area contributed by atoms with Crippen LogP contribution in [-0.2, 0) is 36.8 Å². The number of nitrogens with zero attached hydrogens (tertiary/aromatic N) is 8. The third-order valence-electron chi connectivity index (χ3n) is 19.6. The Hall–Kier alpha value is -7.01. The molecule has 2 aromatic heterocycles. The van der Waals surface area contributed by atoms with E-state index in [2.05, 4.69) is 32.0 Å². The summed E-state index contributed by atoms with van der Waals surface area (Å²) in [6.45, 7) is 6.64. The smallest absolute Gasteiger partial charge is 0.409 e. The Labute approximate surface area is 469 Å². The molecule has 0 radical (unpaired) electrons. The number of carbonyl (C=O) groups excluding carboxylic acids is 4. The Bertz CT molecular complexity index is 3420. The van der Waals surface area contributed by atoms with Crippen molar-refractivity contribution >= 4 is 57.0 Å². The first-order chi connectivity index (χ1) is 39.4. The third kappa shape index (κ3) is 9.29. The Morgan fingerprint density at radius 1 is 0.840 bits per heavy atom. The van der Waals surface area contributed by atoms with E-state index in [-0.39, 0.29) is 82.4 Å². The van der Waals surface area contributed by atoms with Crippen LogP contribution >= 0.6 is 0 Å². The number of ether oxygens (including phenoxy) is 4. The maximum Gasteiger partial charge on any atom is 0.409 e. The fourth-order valence-electron chi connectivity index (χ4n) is 15.3. The highest BCUT2D eigenvalue weighted by Gasteiger charge is 2.52. The maximum absolute atomic E-state index is 17.5. The molecule has 1 spiro atoms. The summed E-state index contributed by atoms with van der Waals surface area (Å²) < 4.78 is 58.2. The Morgan fingerprint density at radius 2 is 1.69 bits per heavy atom. The molecule has 4 atom stereocenters. The second kappa shape index (κ2) is 20.8. The van der Waals surface area contributed by atoms with E-state index in [4.69, 9.17) is 40.3 Å². The van der Waals surface area contributed by atoms with Crippen molar-refractivity contribution in [3.63, 3.8) is 0 Å². The standard InChI is InChI=1S/C62H67F2N9O8/c1-2-44-47(63)12-8-37-6-3-7-46(51(37)44)54-53(64)55-52-48(65-54)13-10-40-34-78-29-5-23-71(40)56(52)68-59(67-55)80-36-62-19-4-24-73(62)41(16-20-62)35-79-60(77)70-27-21-61(22-28-70)31-43(32-61)81-42-17-25-69(26-18-42)39-9-11-45-38(30-39)33-72(58(45)76)49-14-15-50(74)66-57(49)75/h1,3,6-9,11-12,30,40-43,49H,4-5,10,13-29,31-36H2,(H,66,74,75)/t40?,41-,49?,62-/m0/s1. The average molecular weight is 1100 g/mol. The number of nitrogens with one attached hydrogen (secondary N) is 1. The van der Waals surface area contributed by atoms with Crippen molar-refractivity contribution in [1.29, 1.82) is 0 Å². The molecule has 6 saturated heterocycles. The van der Waals surface area contributed by atoms with Crippen LogP contribution in [0.2, 0.25) is 0 Å². The molecule has 1 N–H and O–H groups in total. The van der Waals surface area contributed by atoms with E-state index >= 15 is 8.78 Å². The Balaban J connectivity index is 0.579. The van der Waals surface area contributed by atoms with Crippen molar-refractivity contribution in [2.45, 2.75) is 139 Å². The minimum atomic E-state index is -0.645. The zero-order valence-corrected chi connectivity index (χ0v) is 45.6. The number of carbonyl (C=O) groups is 4. The van der Waals surface area contributed by atoms with Gasteiger partial charge in [0.1, 0.15) is 42.1 Å². The van der Waals surface area contributed by atoms with Gasteiger partial charge in [0.05, 0.1) is 47.0 Å². The van der Waals surface area contributed by atoms with Gasteiger partial charge in [0.15, 0.2) is 5.82 Å². The molecular formula is C62H67F2N9O8. The van der Waals surface area contributed by atoms with Gasteiger partial charge in [0, 0.05) is 80.5 Å². The molecule has 5 aromatic rings. The van der Waals surface area contributed by atoms with E-state index in [0.717, 1.165) is 102 Å². The predicted octanol–water partition coefficient (Wildman–Crippen LogP) is 7.85. The summed E-state index contributed by atoms with van der Waals surface area (Å²) in [5.41, 5.74) is 3.75. The van der Waals surface area contributed by atoms with Crippen molar-refractivity contribution < 1.29 is 46.9 Å². The van der Waals surface area contributed by atoms with Crippen LogP contribution in [0.4, 0.5) is 25.1 Å². The molecule has 81 heavy (non-hydrogen) atoms. The van der Waals surface area contributed by atoms with Crippen LogP contribution in [0.5, 0.6) is 6.01 Å². The topological polar surface area (TPSA) is 172 Å². The first kappa shape index (κ1) is 52.1. The highest BCUT2D eigenvalue weighted by molar-refractivity contribution is 6.06. The largest absolute Gasteiger partial charge is 0.461 e. The second-order valence-electron chi connectivity index (χ2n) is 24.2. The number of fused-ring (bicyclic) bond motifs is 5. The van der Waals surface area contributed by atoms with Crippen LogP contribution in [0.1, 0.15) is 117 Å². The van der Waals surface area contributed by atoms with Crippen molar-refractivity contribution in [1.82, 2.24) is 35.0 Å². The van der Waals surface area contributed by atoms with Crippen LogP contribution in [0.25, 0.3) is 32.9 Å². The number of imide groups is 1. The molecule has 0 bridgehead atoms. The Morgan fingerprint density at radius 3 is 2.52 bits per heavy atom. The summed E-state index contributed by atoms with van der Waals surface area (Å²) in [5.74, 6) is 1.02. The number of aryl methyl sites for hydroxylation is 1. The molecule has 7 fully saturated rings. The predicted molar refractivity (Wildman–Crippen MR) is 297 cm³/mol. The maximum atomic E-state index is 17.5. The van der Waals surface area contributed by atoms with Crippen LogP contribution < -0.4 is 19.9 Å². The number of halogens is 2. The molecule has 19 heteroatoms. The minimum absolute atomic E-state index is 0.00854. The van der Waals surface area contributed by atoms with Gasteiger partial charge in [-0.05, 0) is 137 Å². The lowest BCUT2D eigenvalue weighted by Crippen LogP contribution is -2.52. The molecule has 10 heterocycles. The molecule has 1 saturated carbocycles. The van der Waals surface area contributed by atoms with Crippen molar-refractivity contribution in [3.8, 4) is 29.6 Å². The van der Waals surface area contributed by atoms with E-state index in [0.29, 0.717) is 111 Å². The molecular weight excluding hydrogens is 1040 g/mol. The molecule has 2 unspecified atom stereocenters. The molecule has 9 aliphatic rings. The number of benzene rings is 3. The van der Waals surface area contributed by atoms with Gasteiger partial charge >= 0.3 is 12.1 Å². The van der Waals surface area contributed by atoms with Crippen molar-refractivity contribution in [2.75, 3.05) is 75.5 Å². The number of terminal acetylenes is 1. The number of piperidine rings is 3. The van der Waals surface area contributed by atoms with E-state index in [1.165, 1.54) is 6.07 Å². The molecule has 3 aromatic carbocycles. The van der Waals surface area contributed by atoms with Gasteiger partial charge in [-0.15, -0.1) is 6.42 Å². The zero-order valence-electron chi connectivity index (χ0n) is 45.6. The number of rotatable bonds is 10. The molecule has 422 valence electrons. The molecule has 4 amide bonds. The highest BCUT2D eigenvalue weighted by atomic mass is 19.1. The summed E-state index contributed by atoms with van der Waals surface area (Å²) in [5, 5.41) is 4.03. The fraction of sp³-hybridized carbons (Fsp3) is 0.532. The van der Waals surface area contributed by atoms with Crippen LogP contribution in [0.15, 0.2) is 48.5 Å². The van der Waals surface area contributed by atoms with Gasteiger partial charge in [0.2, 0.25) is 11.8 Å². The van der Waals surface area contributed by atoms with Crippen LogP contribution in [-0.4, -0.2) is 155 Å². The van der Waals surface area contributed by atoms with E-state index < -0.39 is 23.6 Å². The number of pyridine rings is 1. The Kier molecular flexibility index (Phi) is 13.3. The average Bonchev–Trinajstić information content (AvgIpc) is 4.28. The summed E-state index contributed by atoms with van der Waals surface area (Å²) in [4.78, 5) is 76.5. The summed E-state index contributed by atoms with van der Waals surface area (Å²) in [6.07, 6.45) is 17.9. The van der Waals surface area contributed by atoms with Crippen LogP contribution in [0, 0.1) is 29.4 Å². The minimum Gasteiger partial charge on any atom is -0.461 e. The first-order valence-corrected chi connectivity index (χ1v) is 29.4. The van der Waals surface area contributed by atoms with Crippen molar-refractivity contribution in [3.05, 3.63) is 82.5 Å². The first-order valence-electron chi connectivity index (χ1n) is 29.4. The number of hydrogen-bond acceptors (Lipinski definition) is 14. The summed E-state index contributed by atoms with van der Waals surface area (Å²) >= 11 is 0. The molecule has 14 rings (SSSR count). The highest BCUT2D eigenvalue weighted by Crippen LogP contribution is 2.51. The lowest BCUT2D eigenvalue weighted by Gasteiger charge is -2.52. The summed E-state index contributed by atoms with van der Waals surface area (Å²) in [6, 6.07) is 13.8. The van der Waals surface area contributed by atoms with Gasteiger partial charge < -0.3 is 38.5 Å². The monoisotopic (exact) mass is 1100 g/mol. The molecule has 8 aliphatic heterocycles. The van der Waals surface area contributed by atoms with Crippen LogP contribution in [0.3, 0.4) is 0 Å².